The molecule has 19 nitrogen and oxygen atoms in total. The predicted molar refractivity (Wildman–Crippen MR) is 213 cm³/mol. The summed E-state index contributed by atoms with van der Waals surface area (Å²) in [5.74, 6) is -27.2. The van der Waals surface area contributed by atoms with Gasteiger partial charge in [-0.3, -0.25) is 4.90 Å². The highest BCUT2D eigenvalue weighted by Gasteiger charge is 2.39. The quantitative estimate of drug-likeness (QED) is 0.0599. The Bertz CT molecular complexity index is 2680. The van der Waals surface area contributed by atoms with Crippen molar-refractivity contribution in [1.29, 1.82) is 0 Å². The number of phenolic OH excluding ortho intramolecular Hbond substituents is 18. The molecule has 7 aromatic carbocycles. The number of rotatable bonds is 7. The molecule has 312 valence electrons. The fourth-order valence-electron chi connectivity index (χ4n) is 6.77. The molecule has 61 heavy (non-hydrogen) atoms. The van der Waals surface area contributed by atoms with Crippen molar-refractivity contribution in [2.45, 2.75) is 0 Å². The van der Waals surface area contributed by atoms with Gasteiger partial charge in [-0.2, -0.15) is 0 Å². The van der Waals surface area contributed by atoms with Crippen LogP contribution < -0.4 is 4.90 Å². The van der Waals surface area contributed by atoms with Crippen LogP contribution in [0.15, 0.2) is 78.9 Å². The van der Waals surface area contributed by atoms with Crippen LogP contribution in [0.25, 0.3) is 44.5 Å². The van der Waals surface area contributed by atoms with Crippen LogP contribution in [0.1, 0.15) is 0 Å². The highest BCUT2D eigenvalue weighted by molar-refractivity contribution is 6.03. The summed E-state index contributed by atoms with van der Waals surface area (Å²) in [6.45, 7) is 0. The van der Waals surface area contributed by atoms with Crippen molar-refractivity contribution in [3.8, 4) is 148 Å². The van der Waals surface area contributed by atoms with E-state index in [2.05, 4.69) is 0 Å². The molecule has 0 amide bonds. The second-order valence-corrected chi connectivity index (χ2v) is 13.3. The van der Waals surface area contributed by atoms with E-state index in [1.165, 1.54) is 24.3 Å². The summed E-state index contributed by atoms with van der Waals surface area (Å²) >= 11 is 0. The lowest BCUT2D eigenvalue weighted by atomic mass is 9.95. The Hall–Kier alpha value is -9.26. The topological polar surface area (TPSA) is 367 Å². The molecular formula is C42H31NO18. The molecule has 0 aromatic heterocycles. The summed E-state index contributed by atoms with van der Waals surface area (Å²) in [7, 11) is 0. The highest BCUT2D eigenvalue weighted by atomic mass is 16.4. The van der Waals surface area contributed by atoms with E-state index in [0.717, 1.165) is 11.1 Å². The number of phenols is 18. The predicted octanol–water partition coefficient (Wildman–Crippen LogP) is 6.53. The van der Waals surface area contributed by atoms with Crippen LogP contribution in [-0.4, -0.2) is 91.9 Å². The molecule has 0 bridgehead atoms. The van der Waals surface area contributed by atoms with Crippen LogP contribution in [0, 0.1) is 0 Å². The summed E-state index contributed by atoms with van der Waals surface area (Å²) in [5.41, 5.74) is -4.81. The van der Waals surface area contributed by atoms with E-state index in [-0.39, 0.29) is 5.69 Å². The molecule has 19 heteroatoms. The number of anilines is 3. The summed E-state index contributed by atoms with van der Waals surface area (Å²) in [6.07, 6.45) is 0. The van der Waals surface area contributed by atoms with Crippen LogP contribution in [-0.2, 0) is 0 Å². The average molecular weight is 838 g/mol. The number of benzene rings is 7. The first kappa shape index (κ1) is 40.0. The van der Waals surface area contributed by atoms with E-state index in [9.17, 15) is 91.9 Å². The zero-order valence-electron chi connectivity index (χ0n) is 30.5. The zero-order chi connectivity index (χ0) is 44.5. The molecular weight excluding hydrogens is 806 g/mol. The Morgan fingerprint density at radius 3 is 0.705 bits per heavy atom. The van der Waals surface area contributed by atoms with Crippen molar-refractivity contribution < 1.29 is 91.9 Å². The molecule has 0 aliphatic rings. The van der Waals surface area contributed by atoms with E-state index in [1.54, 1.807) is 12.1 Å². The SMILES string of the molecule is Oc1c(O)c(O)c(-c2c(O)c(O)c(N(c3ccc(-c4ccc(-c5ccccc5)cc4)cc3)c3c(O)c(O)c(-c4c(O)c(O)c(O)c(O)c4O)c(O)c3O)c(O)c2O)c(O)c1O. The van der Waals surface area contributed by atoms with E-state index in [4.69, 9.17) is 0 Å². The maximum Gasteiger partial charge on any atom is 0.208 e. The first-order chi connectivity index (χ1) is 28.8. The van der Waals surface area contributed by atoms with Crippen LogP contribution >= 0.6 is 0 Å². The molecule has 0 radical (unpaired) electrons. The first-order valence-electron chi connectivity index (χ1n) is 17.2. The zero-order valence-corrected chi connectivity index (χ0v) is 30.5. The van der Waals surface area contributed by atoms with Crippen molar-refractivity contribution in [2.75, 3.05) is 4.90 Å². The fraction of sp³-hybridized carbons (Fsp3) is 0. The summed E-state index contributed by atoms with van der Waals surface area (Å²) in [5, 5.41) is 194. The second kappa shape index (κ2) is 14.3. The molecule has 18 N–H and O–H groups in total. The molecule has 0 saturated carbocycles. The van der Waals surface area contributed by atoms with Gasteiger partial charge in [0.05, 0.1) is 22.3 Å². The van der Waals surface area contributed by atoms with Crippen LogP contribution in [0.5, 0.6) is 103 Å². The minimum atomic E-state index is -1.56. The first-order valence-corrected chi connectivity index (χ1v) is 17.2. The number of hydrogen-bond donors (Lipinski definition) is 18. The third-order valence-electron chi connectivity index (χ3n) is 9.88. The third kappa shape index (κ3) is 5.92. The average Bonchev–Trinajstić information content (AvgIpc) is 3.27. The maximum absolute atomic E-state index is 11.5. The highest BCUT2D eigenvalue weighted by Crippen LogP contribution is 2.67. The van der Waals surface area contributed by atoms with Gasteiger partial charge in [0.25, 0.3) is 0 Å². The van der Waals surface area contributed by atoms with E-state index in [1.807, 2.05) is 42.5 Å². The van der Waals surface area contributed by atoms with Crippen molar-refractivity contribution in [3.63, 3.8) is 0 Å². The summed E-state index contributed by atoms with van der Waals surface area (Å²) in [6, 6.07) is 22.0. The van der Waals surface area contributed by atoms with Gasteiger partial charge in [-0.05, 0) is 34.4 Å². The van der Waals surface area contributed by atoms with Crippen molar-refractivity contribution in [3.05, 3.63) is 78.9 Å². The van der Waals surface area contributed by atoms with Crippen LogP contribution in [0.2, 0.25) is 0 Å². The largest absolute Gasteiger partial charge is 0.504 e. The third-order valence-corrected chi connectivity index (χ3v) is 9.88. The van der Waals surface area contributed by atoms with Gasteiger partial charge >= 0.3 is 0 Å². The molecule has 0 aliphatic heterocycles. The van der Waals surface area contributed by atoms with Crippen LogP contribution in [0.3, 0.4) is 0 Å². The van der Waals surface area contributed by atoms with E-state index < -0.39 is 137 Å². The molecule has 0 saturated heterocycles. The van der Waals surface area contributed by atoms with Gasteiger partial charge in [0.2, 0.25) is 34.5 Å². The standard InChI is InChI=1S/C42H31NO18/c44-25-19(21-29(48)37(56)41(60)38(57)30(21)49)26(45)34(53)23(33(25)52)43(18-12-10-17(11-13-18)16-8-6-15(7-9-16)14-4-2-1-3-5-14)24-35(54)27(46)20(28(47)36(24)55)22-31(50)39(58)42(61)40(59)32(22)51/h1-13,44-61H. The normalized spacial score (nSPS) is 11.1. The lowest BCUT2D eigenvalue weighted by Gasteiger charge is -2.30. The Labute approximate surface area is 340 Å². The monoisotopic (exact) mass is 837 g/mol. The van der Waals surface area contributed by atoms with Crippen molar-refractivity contribution in [2.24, 2.45) is 0 Å². The minimum absolute atomic E-state index is 0.338. The Morgan fingerprint density at radius 1 is 0.213 bits per heavy atom. The summed E-state index contributed by atoms with van der Waals surface area (Å²) < 4.78 is 0. The minimum Gasteiger partial charge on any atom is -0.504 e. The van der Waals surface area contributed by atoms with Gasteiger partial charge in [-0.1, -0.05) is 66.7 Å². The van der Waals surface area contributed by atoms with E-state index in [0.29, 0.717) is 16.0 Å². The van der Waals surface area contributed by atoms with Gasteiger partial charge in [0, 0.05) is 5.69 Å². The second-order valence-electron chi connectivity index (χ2n) is 13.3. The van der Waals surface area contributed by atoms with Gasteiger partial charge in [-0.15, -0.1) is 0 Å². The Balaban J connectivity index is 1.49. The maximum atomic E-state index is 11.5. The van der Waals surface area contributed by atoms with Gasteiger partial charge in [-0.25, -0.2) is 0 Å². The molecule has 0 unspecified atom stereocenters. The molecule has 0 atom stereocenters. The smallest absolute Gasteiger partial charge is 0.208 e. The molecule has 0 aliphatic carbocycles. The van der Waals surface area contributed by atoms with Crippen LogP contribution in [0.4, 0.5) is 17.1 Å². The lowest BCUT2D eigenvalue weighted by Crippen LogP contribution is -2.12. The Kier molecular flexibility index (Phi) is 9.36. The van der Waals surface area contributed by atoms with Crippen molar-refractivity contribution >= 4 is 17.1 Å². The number of aromatic hydroxyl groups is 18. The molecule has 7 aromatic rings. The van der Waals surface area contributed by atoms with E-state index >= 15 is 0 Å². The molecule has 7 rings (SSSR count). The molecule has 0 heterocycles. The fourth-order valence-corrected chi connectivity index (χ4v) is 6.77. The Morgan fingerprint density at radius 2 is 0.426 bits per heavy atom. The molecule has 0 fully saturated rings. The van der Waals surface area contributed by atoms with Gasteiger partial charge in [0.15, 0.2) is 69.0 Å². The van der Waals surface area contributed by atoms with Crippen molar-refractivity contribution in [1.82, 2.24) is 0 Å². The van der Waals surface area contributed by atoms with Gasteiger partial charge < -0.3 is 91.9 Å². The lowest BCUT2D eigenvalue weighted by molar-refractivity contribution is 0.329. The van der Waals surface area contributed by atoms with Gasteiger partial charge in [0.1, 0.15) is 11.4 Å². The molecule has 0 spiro atoms. The number of hydrogen-bond acceptors (Lipinski definition) is 19. The number of nitrogens with zero attached hydrogens (tertiary/aromatic N) is 1. The summed E-state index contributed by atoms with van der Waals surface area (Å²) in [4.78, 5) is 0.445.